The summed E-state index contributed by atoms with van der Waals surface area (Å²) < 4.78 is 26.1. The number of fused-ring (bicyclic) bond motifs is 2. The van der Waals surface area contributed by atoms with Crippen LogP contribution in [0.2, 0.25) is 0 Å². The van der Waals surface area contributed by atoms with Crippen molar-refractivity contribution in [2.24, 2.45) is 0 Å². The maximum Gasteiger partial charge on any atom is 0.218 e. The molecule has 2 aliphatic rings. The highest BCUT2D eigenvalue weighted by molar-refractivity contribution is 5.83. The van der Waals surface area contributed by atoms with Crippen molar-refractivity contribution >= 4 is 5.78 Å². The number of Topliss-reactive ketones (excluding diaryl/α,β-unsaturated/α-hetero) is 1. The van der Waals surface area contributed by atoms with Crippen molar-refractivity contribution in [2.75, 3.05) is 6.61 Å². The second-order valence-electron chi connectivity index (χ2n) is 5.00. The third-order valence-corrected chi connectivity index (χ3v) is 3.73. The van der Waals surface area contributed by atoms with Gasteiger partial charge >= 0.3 is 0 Å². The summed E-state index contributed by atoms with van der Waals surface area (Å²) in [7, 11) is 0. The predicted molar refractivity (Wildman–Crippen MR) is 66.5 cm³/mol. The second kappa shape index (κ2) is 4.68. The van der Waals surface area contributed by atoms with E-state index in [-0.39, 0.29) is 35.7 Å². The first kappa shape index (κ1) is 12.5. The van der Waals surface area contributed by atoms with Crippen molar-refractivity contribution < 1.29 is 18.7 Å². The highest BCUT2D eigenvalue weighted by Crippen LogP contribution is 2.34. The molecule has 8 heteroatoms. The van der Waals surface area contributed by atoms with Gasteiger partial charge in [0.25, 0.3) is 0 Å². The van der Waals surface area contributed by atoms with Gasteiger partial charge < -0.3 is 9.47 Å². The number of carbonyl (C=O) groups is 1. The largest absolute Gasteiger partial charge is 0.343 e. The van der Waals surface area contributed by atoms with Crippen LogP contribution in [0.4, 0.5) is 4.39 Å². The van der Waals surface area contributed by atoms with Crippen LogP contribution in [0.25, 0.3) is 11.4 Å². The number of hydrogen-bond donors (Lipinski definition) is 0. The molecule has 0 spiro atoms. The number of aromatic nitrogens is 4. The molecule has 3 atom stereocenters. The standard InChI is InChI=1S/C13H11FN4O3/c14-8-4-2-1-3-7(8)12-15-16-17-18(12)9-5-10(19)13-20-6-11(9)21-13/h1-4,9,11,13H,5-6H2/t9-,11+,13+/m0/s1. The molecule has 2 aromatic rings. The molecule has 0 N–H and O–H groups in total. The van der Waals surface area contributed by atoms with Crippen LogP contribution in [0, 0.1) is 5.82 Å². The number of carbonyl (C=O) groups excluding carboxylic acids is 1. The average Bonchev–Trinajstić information content (AvgIpc) is 3.12. The molecule has 1 aromatic heterocycles. The van der Waals surface area contributed by atoms with Crippen molar-refractivity contribution in [3.8, 4) is 11.4 Å². The third kappa shape index (κ3) is 1.95. The molecular formula is C13H11FN4O3. The molecule has 2 fully saturated rings. The Morgan fingerprint density at radius 1 is 1.33 bits per heavy atom. The van der Waals surface area contributed by atoms with Gasteiger partial charge in [-0.05, 0) is 22.6 Å². The Morgan fingerprint density at radius 2 is 2.19 bits per heavy atom. The minimum Gasteiger partial charge on any atom is -0.343 e. The number of tetrazole rings is 1. The van der Waals surface area contributed by atoms with E-state index in [4.69, 9.17) is 9.47 Å². The number of ketones is 1. The first-order valence-electron chi connectivity index (χ1n) is 6.56. The van der Waals surface area contributed by atoms with Gasteiger partial charge in [-0.3, -0.25) is 4.79 Å². The Labute approximate surface area is 118 Å². The number of halogens is 1. The Bertz CT molecular complexity index is 704. The quantitative estimate of drug-likeness (QED) is 0.811. The molecule has 7 nitrogen and oxygen atoms in total. The minimum atomic E-state index is -0.778. The van der Waals surface area contributed by atoms with Crippen LogP contribution < -0.4 is 0 Å². The van der Waals surface area contributed by atoms with Crippen LogP contribution >= 0.6 is 0 Å². The first-order chi connectivity index (χ1) is 10.2. The SMILES string of the molecule is O=C1C[C@H](n2nnnc2-c2ccccc2F)[C@H]2CO[C@@H]1O2. The van der Waals surface area contributed by atoms with Crippen molar-refractivity contribution in [2.45, 2.75) is 24.9 Å². The lowest BCUT2D eigenvalue weighted by Crippen LogP contribution is -2.37. The average molecular weight is 290 g/mol. The van der Waals surface area contributed by atoms with Crippen molar-refractivity contribution in [3.05, 3.63) is 30.1 Å². The van der Waals surface area contributed by atoms with E-state index in [1.165, 1.54) is 10.7 Å². The molecule has 4 rings (SSSR count). The first-order valence-corrected chi connectivity index (χ1v) is 6.56. The molecule has 0 unspecified atom stereocenters. The molecule has 108 valence electrons. The normalized spacial score (nSPS) is 28.0. The summed E-state index contributed by atoms with van der Waals surface area (Å²) in [6.45, 7) is 0.303. The van der Waals surface area contributed by atoms with Crippen LogP contribution in [0.15, 0.2) is 24.3 Å². The van der Waals surface area contributed by atoms with Gasteiger partial charge in [0.2, 0.25) is 6.29 Å². The smallest absolute Gasteiger partial charge is 0.218 e. The van der Waals surface area contributed by atoms with E-state index in [0.717, 1.165) is 0 Å². The van der Waals surface area contributed by atoms with Crippen LogP contribution in [0.1, 0.15) is 12.5 Å². The Balaban J connectivity index is 1.76. The Hall–Kier alpha value is -2.19. The molecule has 21 heavy (non-hydrogen) atoms. The van der Waals surface area contributed by atoms with Crippen LogP contribution in [-0.4, -0.2) is 45.0 Å². The zero-order chi connectivity index (χ0) is 14.4. The molecule has 0 radical (unpaired) electrons. The van der Waals surface area contributed by atoms with E-state index in [2.05, 4.69) is 15.5 Å². The minimum absolute atomic E-state index is 0.149. The fraction of sp³-hybridized carbons (Fsp3) is 0.385. The van der Waals surface area contributed by atoms with Crippen LogP contribution in [0.5, 0.6) is 0 Å². The summed E-state index contributed by atoms with van der Waals surface area (Å²) in [5.41, 5.74) is 0.288. The van der Waals surface area contributed by atoms with Gasteiger partial charge in [0.1, 0.15) is 11.9 Å². The number of hydrogen-bond acceptors (Lipinski definition) is 6. The molecule has 2 bridgehead atoms. The topological polar surface area (TPSA) is 79.1 Å². The summed E-state index contributed by atoms with van der Waals surface area (Å²) in [6.07, 6.45) is -0.872. The predicted octanol–water partition coefficient (Wildman–Crippen LogP) is 0.735. The van der Waals surface area contributed by atoms with E-state index in [0.29, 0.717) is 6.61 Å². The monoisotopic (exact) mass is 290 g/mol. The van der Waals surface area contributed by atoms with E-state index in [1.54, 1.807) is 18.2 Å². The zero-order valence-corrected chi connectivity index (χ0v) is 10.8. The molecular weight excluding hydrogens is 279 g/mol. The van der Waals surface area contributed by atoms with Gasteiger partial charge in [0.05, 0.1) is 18.2 Å². The highest BCUT2D eigenvalue weighted by Gasteiger charge is 2.45. The van der Waals surface area contributed by atoms with Crippen LogP contribution in [-0.2, 0) is 14.3 Å². The van der Waals surface area contributed by atoms with E-state index in [1.807, 2.05) is 0 Å². The van der Waals surface area contributed by atoms with Crippen molar-refractivity contribution in [3.63, 3.8) is 0 Å². The van der Waals surface area contributed by atoms with E-state index >= 15 is 0 Å². The third-order valence-electron chi connectivity index (χ3n) is 3.73. The Kier molecular flexibility index (Phi) is 2.79. The number of benzene rings is 1. The number of ether oxygens (including phenoxy) is 2. The Morgan fingerprint density at radius 3 is 3.05 bits per heavy atom. The fourth-order valence-corrected chi connectivity index (χ4v) is 2.70. The zero-order valence-electron chi connectivity index (χ0n) is 10.8. The van der Waals surface area contributed by atoms with Gasteiger partial charge in [-0.2, -0.15) is 0 Å². The second-order valence-corrected chi connectivity index (χ2v) is 5.00. The highest BCUT2D eigenvalue weighted by atomic mass is 19.1. The van der Waals surface area contributed by atoms with E-state index in [9.17, 15) is 9.18 Å². The molecule has 1 aromatic carbocycles. The molecule has 3 heterocycles. The molecule has 0 amide bonds. The van der Waals surface area contributed by atoms with Crippen molar-refractivity contribution in [1.82, 2.24) is 20.2 Å². The lowest BCUT2D eigenvalue weighted by molar-refractivity contribution is -0.156. The summed E-state index contributed by atoms with van der Waals surface area (Å²) in [6, 6.07) is 5.84. The molecule has 0 saturated carbocycles. The number of nitrogens with zero attached hydrogens (tertiary/aromatic N) is 4. The summed E-state index contributed by atoms with van der Waals surface area (Å²) in [5, 5.41) is 11.4. The van der Waals surface area contributed by atoms with Gasteiger partial charge in [-0.15, -0.1) is 5.10 Å². The van der Waals surface area contributed by atoms with Gasteiger partial charge in [0, 0.05) is 6.42 Å². The number of rotatable bonds is 2. The fourth-order valence-electron chi connectivity index (χ4n) is 2.70. The maximum atomic E-state index is 13.9. The molecule has 2 saturated heterocycles. The van der Waals surface area contributed by atoms with E-state index < -0.39 is 12.1 Å². The van der Waals surface area contributed by atoms with Gasteiger partial charge in [0.15, 0.2) is 11.6 Å². The summed E-state index contributed by atoms with van der Waals surface area (Å²) >= 11 is 0. The lowest BCUT2D eigenvalue weighted by Gasteiger charge is -2.26. The van der Waals surface area contributed by atoms with Crippen molar-refractivity contribution in [1.29, 1.82) is 0 Å². The van der Waals surface area contributed by atoms with Crippen LogP contribution in [0.3, 0.4) is 0 Å². The lowest BCUT2D eigenvalue weighted by atomic mass is 10.0. The van der Waals surface area contributed by atoms with Gasteiger partial charge in [-0.1, -0.05) is 12.1 Å². The summed E-state index contributed by atoms with van der Waals surface area (Å²) in [5.74, 6) is -0.291. The van der Waals surface area contributed by atoms with Gasteiger partial charge in [-0.25, -0.2) is 9.07 Å². The molecule has 2 aliphatic heterocycles. The summed E-state index contributed by atoms with van der Waals surface area (Å²) in [4.78, 5) is 11.9. The molecule has 0 aliphatic carbocycles. The maximum absolute atomic E-state index is 13.9.